The Morgan fingerprint density at radius 2 is 1.93 bits per heavy atom. The van der Waals surface area contributed by atoms with Gasteiger partial charge in [-0.3, -0.25) is 0 Å². The van der Waals surface area contributed by atoms with E-state index in [-0.39, 0.29) is 29.8 Å². The Morgan fingerprint density at radius 1 is 1.21 bits per heavy atom. The first-order valence-electron chi connectivity index (χ1n) is 9.90. The van der Waals surface area contributed by atoms with Crippen molar-refractivity contribution in [1.29, 1.82) is 0 Å². The van der Waals surface area contributed by atoms with Gasteiger partial charge in [-0.05, 0) is 32.4 Å². The van der Waals surface area contributed by atoms with Crippen LogP contribution in [-0.4, -0.2) is 49.4 Å². The smallest absolute Gasteiger partial charge is 0.164 e. The molecular formula is C23H28O6. The van der Waals surface area contributed by atoms with Gasteiger partial charge in [-0.25, -0.2) is 0 Å². The van der Waals surface area contributed by atoms with Crippen LogP contribution in [0.15, 0.2) is 47.3 Å². The molecule has 0 radical (unpaired) electrons. The number of hydrogen-bond donors (Lipinski definition) is 2. The predicted octanol–water partition coefficient (Wildman–Crippen LogP) is 3.66. The van der Waals surface area contributed by atoms with Crippen LogP contribution < -0.4 is 14.2 Å². The van der Waals surface area contributed by atoms with Crippen molar-refractivity contribution in [2.75, 3.05) is 20.8 Å². The summed E-state index contributed by atoms with van der Waals surface area (Å²) in [6.07, 6.45) is 4.81. The van der Waals surface area contributed by atoms with Crippen molar-refractivity contribution in [1.82, 2.24) is 0 Å². The van der Waals surface area contributed by atoms with Crippen LogP contribution in [0.25, 0.3) is 0 Å². The van der Waals surface area contributed by atoms with Crippen molar-refractivity contribution in [2.24, 2.45) is 5.92 Å². The van der Waals surface area contributed by atoms with Crippen molar-refractivity contribution in [2.45, 2.75) is 44.5 Å². The van der Waals surface area contributed by atoms with Gasteiger partial charge in [0.05, 0.1) is 26.4 Å². The van der Waals surface area contributed by atoms with E-state index in [1.54, 1.807) is 26.4 Å². The Bertz CT molecular complexity index is 880. The van der Waals surface area contributed by atoms with Crippen molar-refractivity contribution >= 4 is 0 Å². The first-order chi connectivity index (χ1) is 13.9. The van der Waals surface area contributed by atoms with Crippen LogP contribution in [0.2, 0.25) is 0 Å². The van der Waals surface area contributed by atoms with Crippen LogP contribution in [0.4, 0.5) is 0 Å². The minimum Gasteiger partial charge on any atom is -0.508 e. The zero-order valence-electron chi connectivity index (χ0n) is 17.2. The van der Waals surface area contributed by atoms with Crippen molar-refractivity contribution in [3.8, 4) is 17.2 Å². The van der Waals surface area contributed by atoms with Gasteiger partial charge >= 0.3 is 0 Å². The number of hydrogen-bond acceptors (Lipinski definition) is 6. The van der Waals surface area contributed by atoms with Crippen LogP contribution in [0.3, 0.4) is 0 Å². The molecule has 2 N–H and O–H groups in total. The van der Waals surface area contributed by atoms with E-state index in [1.807, 2.05) is 26.0 Å². The van der Waals surface area contributed by atoms with E-state index < -0.39 is 6.10 Å². The van der Waals surface area contributed by atoms with E-state index in [9.17, 15) is 10.2 Å². The fourth-order valence-corrected chi connectivity index (χ4v) is 4.48. The lowest BCUT2D eigenvalue weighted by Crippen LogP contribution is -2.53. The zero-order valence-corrected chi connectivity index (χ0v) is 17.2. The second-order valence-corrected chi connectivity index (χ2v) is 8.00. The molecule has 4 rings (SSSR count). The molecule has 1 aromatic rings. The molecule has 3 aliphatic rings. The highest BCUT2D eigenvalue weighted by Gasteiger charge is 2.50. The fraction of sp³-hybridized carbons (Fsp3) is 0.478. The molecule has 6 nitrogen and oxygen atoms in total. The molecule has 2 unspecified atom stereocenters. The third-order valence-corrected chi connectivity index (χ3v) is 5.99. The molecular weight excluding hydrogens is 372 g/mol. The summed E-state index contributed by atoms with van der Waals surface area (Å²) in [5.74, 6) is 1.57. The normalized spacial score (nSPS) is 29.9. The van der Waals surface area contributed by atoms with Gasteiger partial charge in [-0.1, -0.05) is 17.7 Å². The van der Waals surface area contributed by atoms with E-state index in [0.717, 1.165) is 11.1 Å². The van der Waals surface area contributed by atoms with Gasteiger partial charge < -0.3 is 29.2 Å². The van der Waals surface area contributed by atoms with Crippen molar-refractivity contribution in [3.63, 3.8) is 0 Å². The number of ether oxygens (including phenoxy) is 4. The van der Waals surface area contributed by atoms with E-state index >= 15 is 0 Å². The number of fused-ring (bicyclic) bond motifs is 4. The SMILES string of the molecule is COc1cc2c(cc1OC)[C@@H]1[C@H](O)C3C=CC(O)=C(CC=C(C)C)C3O[C@@H]1CO2. The highest BCUT2D eigenvalue weighted by Crippen LogP contribution is 2.49. The van der Waals surface area contributed by atoms with Gasteiger partial charge in [0.2, 0.25) is 0 Å². The summed E-state index contributed by atoms with van der Waals surface area (Å²) in [5.41, 5.74) is 2.82. The molecule has 1 saturated heterocycles. The Balaban J connectivity index is 1.69. The van der Waals surface area contributed by atoms with E-state index in [2.05, 4.69) is 6.08 Å². The Labute approximate surface area is 171 Å². The molecule has 2 heterocycles. The lowest BCUT2D eigenvalue weighted by atomic mass is 9.72. The van der Waals surface area contributed by atoms with Crippen LogP contribution in [-0.2, 0) is 4.74 Å². The van der Waals surface area contributed by atoms with E-state index in [1.165, 1.54) is 5.57 Å². The Morgan fingerprint density at radius 3 is 2.62 bits per heavy atom. The molecule has 0 saturated carbocycles. The minimum atomic E-state index is -0.675. The van der Waals surface area contributed by atoms with Gasteiger partial charge in [0.25, 0.3) is 0 Å². The van der Waals surface area contributed by atoms with Crippen LogP contribution in [0, 0.1) is 5.92 Å². The molecule has 5 atom stereocenters. The fourth-order valence-electron chi connectivity index (χ4n) is 4.48. The number of benzene rings is 1. The van der Waals surface area contributed by atoms with E-state index in [0.29, 0.717) is 30.3 Å². The largest absolute Gasteiger partial charge is 0.508 e. The molecule has 2 aliphatic heterocycles. The average Bonchev–Trinajstić information content (AvgIpc) is 2.71. The quantitative estimate of drug-likeness (QED) is 0.751. The maximum absolute atomic E-state index is 11.3. The molecule has 0 bridgehead atoms. The Hall–Kier alpha value is -2.44. The molecule has 0 aromatic heterocycles. The minimum absolute atomic E-state index is 0.220. The molecule has 1 aliphatic carbocycles. The standard InChI is InChI=1S/C23H28O6/c1-12(2)5-6-13-16(24)8-7-14-22(25)21-15-9-18(26-3)19(27-4)10-17(15)28-11-20(21)29-23(13)14/h5,7-10,14,20-25H,6,11H2,1-4H3/t14?,20-,21+,22-,23?/m1/s1. The number of aliphatic hydroxyl groups excluding tert-OH is 2. The number of allylic oxidation sites excluding steroid dienone is 3. The molecule has 156 valence electrons. The van der Waals surface area contributed by atoms with Crippen molar-refractivity contribution < 1.29 is 29.2 Å². The summed E-state index contributed by atoms with van der Waals surface area (Å²) >= 11 is 0. The molecule has 0 spiro atoms. The Kier molecular flexibility index (Phi) is 5.32. The van der Waals surface area contributed by atoms with E-state index in [4.69, 9.17) is 18.9 Å². The number of rotatable bonds is 4. The van der Waals surface area contributed by atoms with Crippen LogP contribution in [0.5, 0.6) is 17.2 Å². The van der Waals surface area contributed by atoms with Gasteiger partial charge in [0.1, 0.15) is 24.2 Å². The molecule has 0 amide bonds. The topological polar surface area (TPSA) is 77.4 Å². The lowest BCUT2D eigenvalue weighted by molar-refractivity contribution is -0.143. The maximum atomic E-state index is 11.3. The first kappa shape index (κ1) is 19.9. The average molecular weight is 400 g/mol. The van der Waals surface area contributed by atoms with Crippen LogP contribution in [0.1, 0.15) is 31.7 Å². The monoisotopic (exact) mass is 400 g/mol. The molecule has 6 heteroatoms. The highest BCUT2D eigenvalue weighted by atomic mass is 16.5. The predicted molar refractivity (Wildman–Crippen MR) is 109 cm³/mol. The van der Waals surface area contributed by atoms with Gasteiger partial charge in [0.15, 0.2) is 11.5 Å². The molecule has 1 aromatic carbocycles. The van der Waals surface area contributed by atoms with Gasteiger partial charge in [0, 0.05) is 29.0 Å². The highest BCUT2D eigenvalue weighted by molar-refractivity contribution is 5.54. The van der Waals surface area contributed by atoms with Gasteiger partial charge in [-0.15, -0.1) is 0 Å². The second kappa shape index (κ2) is 7.76. The lowest BCUT2D eigenvalue weighted by Gasteiger charge is -2.48. The summed E-state index contributed by atoms with van der Waals surface area (Å²) in [4.78, 5) is 0. The third-order valence-electron chi connectivity index (χ3n) is 5.99. The third kappa shape index (κ3) is 3.40. The van der Waals surface area contributed by atoms with Crippen molar-refractivity contribution in [3.05, 3.63) is 52.8 Å². The zero-order chi connectivity index (χ0) is 20.7. The van der Waals surface area contributed by atoms with Gasteiger partial charge in [-0.2, -0.15) is 0 Å². The summed E-state index contributed by atoms with van der Waals surface area (Å²) in [7, 11) is 3.17. The maximum Gasteiger partial charge on any atom is 0.164 e. The summed E-state index contributed by atoms with van der Waals surface area (Å²) < 4.78 is 23.2. The summed E-state index contributed by atoms with van der Waals surface area (Å²) in [6.45, 7) is 4.37. The molecule has 29 heavy (non-hydrogen) atoms. The first-order valence-corrected chi connectivity index (χ1v) is 9.90. The summed E-state index contributed by atoms with van der Waals surface area (Å²) in [6, 6.07) is 3.66. The second-order valence-electron chi connectivity index (χ2n) is 8.00. The van der Waals surface area contributed by atoms with Crippen LogP contribution >= 0.6 is 0 Å². The summed E-state index contributed by atoms with van der Waals surface area (Å²) in [5, 5.41) is 21.8. The number of aliphatic hydroxyl groups is 2. The number of methoxy groups -OCH3 is 2. The molecule has 1 fully saturated rings.